The number of nitrogen functional groups attached to an aromatic ring is 1. The fourth-order valence-corrected chi connectivity index (χ4v) is 1.87. The van der Waals surface area contributed by atoms with Crippen molar-refractivity contribution in [1.29, 1.82) is 0 Å². The molecule has 0 radical (unpaired) electrons. The molecule has 0 aromatic heterocycles. The Labute approximate surface area is 116 Å². The standard InChI is InChI=1S/C15H14N2O3/c16-12-7-3-1-5-10(12)14(19)15(20)11-6-2-4-8-13(11)17-9-18/h1-8,17-18H,9,16H2. The van der Waals surface area contributed by atoms with Crippen LogP contribution in [0.15, 0.2) is 48.5 Å². The number of aliphatic hydroxyl groups is 1. The van der Waals surface area contributed by atoms with Gasteiger partial charge in [0, 0.05) is 22.5 Å². The number of hydrogen-bond donors (Lipinski definition) is 3. The van der Waals surface area contributed by atoms with Gasteiger partial charge in [0.1, 0.15) is 6.73 Å². The van der Waals surface area contributed by atoms with Gasteiger partial charge in [-0.2, -0.15) is 0 Å². The molecular weight excluding hydrogens is 256 g/mol. The molecule has 0 amide bonds. The van der Waals surface area contributed by atoms with Gasteiger partial charge in [0.15, 0.2) is 0 Å². The van der Waals surface area contributed by atoms with E-state index in [0.717, 1.165) is 0 Å². The summed E-state index contributed by atoms with van der Waals surface area (Å²) in [5.74, 6) is -1.34. The van der Waals surface area contributed by atoms with E-state index in [1.807, 2.05) is 0 Å². The van der Waals surface area contributed by atoms with E-state index in [1.165, 1.54) is 12.1 Å². The zero-order chi connectivity index (χ0) is 14.5. The molecule has 0 heterocycles. The quantitative estimate of drug-likeness (QED) is 0.333. The van der Waals surface area contributed by atoms with Gasteiger partial charge >= 0.3 is 0 Å². The molecule has 5 nitrogen and oxygen atoms in total. The largest absolute Gasteiger partial charge is 0.398 e. The lowest BCUT2D eigenvalue weighted by atomic mass is 9.99. The first kappa shape index (κ1) is 13.8. The van der Waals surface area contributed by atoms with Crippen LogP contribution in [0.1, 0.15) is 20.7 Å². The average Bonchev–Trinajstić information content (AvgIpc) is 2.47. The number of nitrogens with one attached hydrogen (secondary N) is 1. The Kier molecular flexibility index (Phi) is 4.12. The first-order chi connectivity index (χ1) is 9.65. The van der Waals surface area contributed by atoms with E-state index >= 15 is 0 Å². The van der Waals surface area contributed by atoms with E-state index in [1.54, 1.807) is 36.4 Å². The first-order valence-electron chi connectivity index (χ1n) is 6.02. The van der Waals surface area contributed by atoms with E-state index in [0.29, 0.717) is 5.69 Å². The highest BCUT2D eigenvalue weighted by Gasteiger charge is 2.22. The highest BCUT2D eigenvalue weighted by atomic mass is 16.3. The van der Waals surface area contributed by atoms with Gasteiger partial charge < -0.3 is 16.2 Å². The molecule has 0 fully saturated rings. The minimum absolute atomic E-state index is 0.177. The van der Waals surface area contributed by atoms with Crippen molar-refractivity contribution in [2.45, 2.75) is 0 Å². The lowest BCUT2D eigenvalue weighted by Gasteiger charge is -2.09. The van der Waals surface area contributed by atoms with Gasteiger partial charge in [-0.05, 0) is 24.3 Å². The Morgan fingerprint density at radius 2 is 1.50 bits per heavy atom. The average molecular weight is 270 g/mol. The monoisotopic (exact) mass is 270 g/mol. The second-order valence-electron chi connectivity index (χ2n) is 4.13. The van der Waals surface area contributed by atoms with Crippen molar-refractivity contribution in [2.24, 2.45) is 0 Å². The van der Waals surface area contributed by atoms with Gasteiger partial charge in [0.05, 0.1) is 0 Å². The van der Waals surface area contributed by atoms with Crippen LogP contribution in [0.25, 0.3) is 0 Å². The molecule has 2 aromatic rings. The van der Waals surface area contributed by atoms with Crippen molar-refractivity contribution < 1.29 is 14.7 Å². The van der Waals surface area contributed by atoms with Crippen LogP contribution in [-0.2, 0) is 0 Å². The summed E-state index contributed by atoms with van der Waals surface area (Å²) < 4.78 is 0. The number of rotatable bonds is 5. The third kappa shape index (κ3) is 2.67. The van der Waals surface area contributed by atoms with Crippen molar-refractivity contribution in [3.8, 4) is 0 Å². The predicted octanol–water partition coefficient (Wildman–Crippen LogP) is 1.70. The van der Waals surface area contributed by atoms with E-state index in [-0.39, 0.29) is 23.5 Å². The number of para-hydroxylation sites is 2. The fourth-order valence-electron chi connectivity index (χ4n) is 1.87. The topological polar surface area (TPSA) is 92.4 Å². The Morgan fingerprint density at radius 1 is 0.950 bits per heavy atom. The second kappa shape index (κ2) is 5.99. The molecule has 0 spiro atoms. The zero-order valence-electron chi connectivity index (χ0n) is 10.7. The van der Waals surface area contributed by atoms with E-state index in [2.05, 4.69) is 5.32 Å². The minimum atomic E-state index is -0.671. The number of carbonyl (C=O) groups excluding carboxylic acids is 2. The van der Waals surface area contributed by atoms with Gasteiger partial charge in [0.2, 0.25) is 11.6 Å². The van der Waals surface area contributed by atoms with Crippen molar-refractivity contribution >= 4 is 22.9 Å². The van der Waals surface area contributed by atoms with Crippen LogP contribution in [0.4, 0.5) is 11.4 Å². The molecule has 20 heavy (non-hydrogen) atoms. The van der Waals surface area contributed by atoms with Crippen molar-refractivity contribution in [3.63, 3.8) is 0 Å². The van der Waals surface area contributed by atoms with Crippen LogP contribution < -0.4 is 11.1 Å². The molecule has 0 unspecified atom stereocenters. The van der Waals surface area contributed by atoms with Gasteiger partial charge in [-0.1, -0.05) is 24.3 Å². The summed E-state index contributed by atoms with van der Waals surface area (Å²) in [4.78, 5) is 24.5. The Bertz CT molecular complexity index is 653. The van der Waals surface area contributed by atoms with Crippen LogP contribution in [0.2, 0.25) is 0 Å². The Balaban J connectivity index is 2.37. The molecule has 5 heteroatoms. The van der Waals surface area contributed by atoms with Crippen LogP contribution in [0, 0.1) is 0 Å². The number of anilines is 2. The molecule has 0 saturated heterocycles. The molecule has 0 aliphatic heterocycles. The number of benzene rings is 2. The van der Waals surface area contributed by atoms with Crippen molar-refractivity contribution in [1.82, 2.24) is 0 Å². The van der Waals surface area contributed by atoms with Crippen LogP contribution in [0.3, 0.4) is 0 Å². The summed E-state index contributed by atoms with van der Waals surface area (Å²) >= 11 is 0. The molecule has 0 bridgehead atoms. The SMILES string of the molecule is Nc1ccccc1C(=O)C(=O)c1ccccc1NCO. The third-order valence-electron chi connectivity index (χ3n) is 2.85. The number of nitrogens with two attached hydrogens (primary N) is 1. The number of Topliss-reactive ketones (excluding diaryl/α,β-unsaturated/α-hetero) is 2. The third-order valence-corrected chi connectivity index (χ3v) is 2.85. The maximum Gasteiger partial charge on any atom is 0.235 e. The molecule has 0 atom stereocenters. The molecule has 2 aromatic carbocycles. The maximum absolute atomic E-state index is 12.3. The highest BCUT2D eigenvalue weighted by Crippen LogP contribution is 2.19. The van der Waals surface area contributed by atoms with E-state index in [4.69, 9.17) is 10.8 Å². The summed E-state index contributed by atoms with van der Waals surface area (Å²) in [6.45, 7) is -0.327. The maximum atomic E-state index is 12.3. The molecule has 4 N–H and O–H groups in total. The summed E-state index contributed by atoms with van der Waals surface area (Å²) in [6, 6.07) is 12.9. The minimum Gasteiger partial charge on any atom is -0.398 e. The lowest BCUT2D eigenvalue weighted by molar-refractivity contribution is 0.0818. The lowest BCUT2D eigenvalue weighted by Crippen LogP contribution is -2.18. The molecule has 102 valence electrons. The predicted molar refractivity (Wildman–Crippen MR) is 76.7 cm³/mol. The Morgan fingerprint density at radius 3 is 2.15 bits per heavy atom. The molecular formula is C15H14N2O3. The normalized spacial score (nSPS) is 10.1. The smallest absolute Gasteiger partial charge is 0.235 e. The van der Waals surface area contributed by atoms with Crippen LogP contribution in [0.5, 0.6) is 0 Å². The van der Waals surface area contributed by atoms with Crippen molar-refractivity contribution in [2.75, 3.05) is 17.8 Å². The summed E-state index contributed by atoms with van der Waals surface area (Å²) in [6.07, 6.45) is 0. The highest BCUT2D eigenvalue weighted by molar-refractivity contribution is 6.50. The fraction of sp³-hybridized carbons (Fsp3) is 0.0667. The first-order valence-corrected chi connectivity index (χ1v) is 6.02. The van der Waals surface area contributed by atoms with Crippen LogP contribution >= 0.6 is 0 Å². The van der Waals surface area contributed by atoms with Crippen LogP contribution in [-0.4, -0.2) is 23.4 Å². The van der Waals surface area contributed by atoms with Gasteiger partial charge in [-0.25, -0.2) is 0 Å². The number of ketones is 2. The van der Waals surface area contributed by atoms with Gasteiger partial charge in [-0.3, -0.25) is 9.59 Å². The summed E-state index contributed by atoms with van der Waals surface area (Å²) in [7, 11) is 0. The van der Waals surface area contributed by atoms with Gasteiger partial charge in [0.25, 0.3) is 0 Å². The number of hydrogen-bond acceptors (Lipinski definition) is 5. The van der Waals surface area contributed by atoms with Crippen molar-refractivity contribution in [3.05, 3.63) is 59.7 Å². The summed E-state index contributed by atoms with van der Waals surface area (Å²) in [5, 5.41) is 11.5. The molecule has 0 aliphatic carbocycles. The molecule has 2 rings (SSSR count). The zero-order valence-corrected chi connectivity index (χ0v) is 10.7. The number of carbonyl (C=O) groups is 2. The summed E-state index contributed by atoms with van der Waals surface area (Å²) in [5.41, 5.74) is 6.75. The Hall–Kier alpha value is -2.66. The number of aliphatic hydroxyl groups excluding tert-OH is 1. The van der Waals surface area contributed by atoms with Gasteiger partial charge in [-0.15, -0.1) is 0 Å². The molecule has 0 aliphatic rings. The second-order valence-corrected chi connectivity index (χ2v) is 4.13. The van der Waals surface area contributed by atoms with E-state index in [9.17, 15) is 9.59 Å². The molecule has 0 saturated carbocycles. The van der Waals surface area contributed by atoms with E-state index < -0.39 is 11.6 Å².